The van der Waals surface area contributed by atoms with Crippen LogP contribution in [0.2, 0.25) is 0 Å². The predicted molar refractivity (Wildman–Crippen MR) is 116 cm³/mol. The zero-order valence-electron chi connectivity index (χ0n) is 16.2. The zero-order chi connectivity index (χ0) is 17.5. The van der Waals surface area contributed by atoms with Gasteiger partial charge in [0.25, 0.3) is 0 Å². The number of aryl methyl sites for hydroxylation is 2. The smallest absolute Gasteiger partial charge is 0.193 e. The summed E-state index contributed by atoms with van der Waals surface area (Å²) in [6.07, 6.45) is 9.43. The van der Waals surface area contributed by atoms with Crippen molar-refractivity contribution in [3.8, 4) is 0 Å². The number of nitrogens with one attached hydrogen (secondary N) is 1. The Bertz CT molecular complexity index is 543. The van der Waals surface area contributed by atoms with Crippen molar-refractivity contribution in [1.29, 1.82) is 0 Å². The number of rotatable bonds is 6. The summed E-state index contributed by atoms with van der Waals surface area (Å²) in [6, 6.07) is 0. The molecule has 0 aliphatic carbocycles. The first-order valence-electron chi connectivity index (χ1n) is 10.00. The number of aliphatic imine (C=N–C) groups is 1. The maximum Gasteiger partial charge on any atom is 0.193 e. The fourth-order valence-electron chi connectivity index (χ4n) is 3.76. The van der Waals surface area contributed by atoms with E-state index in [4.69, 9.17) is 14.7 Å². The molecule has 1 aromatic heterocycles. The average Bonchev–Trinajstić information content (AvgIpc) is 3.05. The number of nitrogens with zero attached hydrogens (tertiary/aromatic N) is 4. The van der Waals surface area contributed by atoms with E-state index in [0.717, 1.165) is 71.0 Å². The zero-order valence-corrected chi connectivity index (χ0v) is 18.6. The summed E-state index contributed by atoms with van der Waals surface area (Å²) in [5, 5.41) is 3.44. The van der Waals surface area contributed by atoms with E-state index in [9.17, 15) is 0 Å². The maximum absolute atomic E-state index is 5.75. The van der Waals surface area contributed by atoms with Crippen LogP contribution in [0, 0.1) is 0 Å². The Kier molecular flexibility index (Phi) is 9.18. The Hall–Kier alpha value is -0.830. The van der Waals surface area contributed by atoms with E-state index in [2.05, 4.69) is 34.8 Å². The van der Waals surface area contributed by atoms with Gasteiger partial charge in [0.15, 0.2) is 5.96 Å². The highest BCUT2D eigenvalue weighted by Gasteiger charge is 2.21. The normalized spacial score (nSPS) is 18.4. The number of guanidine groups is 1. The van der Waals surface area contributed by atoms with Gasteiger partial charge in [-0.15, -0.1) is 24.0 Å². The third-order valence-corrected chi connectivity index (χ3v) is 5.07. The Morgan fingerprint density at radius 2 is 2.08 bits per heavy atom. The quantitative estimate of drug-likeness (QED) is 0.391. The van der Waals surface area contributed by atoms with E-state index < -0.39 is 0 Å². The molecule has 0 saturated carbocycles. The van der Waals surface area contributed by atoms with Gasteiger partial charge in [-0.3, -0.25) is 4.99 Å². The molecule has 1 fully saturated rings. The highest BCUT2D eigenvalue weighted by atomic mass is 127. The molecule has 0 aromatic carbocycles. The van der Waals surface area contributed by atoms with Crippen LogP contribution in [0.25, 0.3) is 0 Å². The van der Waals surface area contributed by atoms with Crippen molar-refractivity contribution in [1.82, 2.24) is 19.8 Å². The first-order chi connectivity index (χ1) is 12.3. The van der Waals surface area contributed by atoms with Gasteiger partial charge in [0.05, 0.1) is 11.8 Å². The highest BCUT2D eigenvalue weighted by Crippen LogP contribution is 2.15. The molecule has 3 heterocycles. The molecule has 26 heavy (non-hydrogen) atoms. The van der Waals surface area contributed by atoms with Gasteiger partial charge in [-0.05, 0) is 39.5 Å². The Morgan fingerprint density at radius 3 is 2.77 bits per heavy atom. The first kappa shape index (κ1) is 21.5. The van der Waals surface area contributed by atoms with Crippen LogP contribution in [0.4, 0.5) is 0 Å². The molecule has 0 amide bonds. The SMILES string of the molecule is CCNC(=NCCc1cn2c(n1)CCCC2)N1CCC(OCC)CC1.I. The van der Waals surface area contributed by atoms with Crippen molar-refractivity contribution in [3.05, 3.63) is 17.7 Å². The lowest BCUT2D eigenvalue weighted by molar-refractivity contribution is 0.0264. The summed E-state index contributed by atoms with van der Waals surface area (Å²) in [7, 11) is 0. The van der Waals surface area contributed by atoms with E-state index in [1.807, 2.05) is 0 Å². The molecular weight excluding hydrogens is 441 g/mol. The second kappa shape index (κ2) is 11.1. The van der Waals surface area contributed by atoms with Gasteiger partial charge in [0.2, 0.25) is 0 Å². The van der Waals surface area contributed by atoms with Crippen LogP contribution < -0.4 is 5.32 Å². The summed E-state index contributed by atoms with van der Waals surface area (Å²) in [4.78, 5) is 12.0. The van der Waals surface area contributed by atoms with Gasteiger partial charge in [-0.1, -0.05) is 0 Å². The minimum absolute atomic E-state index is 0. The van der Waals surface area contributed by atoms with Crippen molar-refractivity contribution in [2.75, 3.05) is 32.8 Å². The molecule has 0 spiro atoms. The minimum atomic E-state index is 0. The Labute approximate surface area is 174 Å². The Balaban J connectivity index is 0.00000243. The number of likely N-dealkylation sites (tertiary alicyclic amines) is 1. The standard InChI is InChI=1S/C19H33N5O.HI/c1-3-20-19(23-13-9-17(10-14-23)25-4-2)21-11-8-16-15-24-12-6-5-7-18(24)22-16;/h15,17H,3-14H2,1-2H3,(H,20,21);1H. The maximum atomic E-state index is 5.75. The van der Waals surface area contributed by atoms with E-state index in [0.29, 0.717) is 6.10 Å². The summed E-state index contributed by atoms with van der Waals surface area (Å²) in [5.74, 6) is 2.30. The lowest BCUT2D eigenvalue weighted by Gasteiger charge is -2.34. The van der Waals surface area contributed by atoms with Gasteiger partial charge >= 0.3 is 0 Å². The third-order valence-electron chi connectivity index (χ3n) is 5.07. The van der Waals surface area contributed by atoms with Gasteiger partial charge in [-0.25, -0.2) is 4.98 Å². The van der Waals surface area contributed by atoms with Gasteiger partial charge in [-0.2, -0.15) is 0 Å². The topological polar surface area (TPSA) is 54.7 Å². The second-order valence-electron chi connectivity index (χ2n) is 6.93. The summed E-state index contributed by atoms with van der Waals surface area (Å²) >= 11 is 0. The molecule has 2 aliphatic heterocycles. The van der Waals surface area contributed by atoms with Crippen LogP contribution in [-0.4, -0.2) is 59.3 Å². The highest BCUT2D eigenvalue weighted by molar-refractivity contribution is 14.0. The van der Waals surface area contributed by atoms with Crippen LogP contribution in [-0.2, 0) is 24.1 Å². The molecule has 0 unspecified atom stereocenters. The lowest BCUT2D eigenvalue weighted by Crippen LogP contribution is -2.47. The molecule has 0 atom stereocenters. The molecule has 0 bridgehead atoms. The minimum Gasteiger partial charge on any atom is -0.378 e. The number of piperidine rings is 1. The molecule has 1 aromatic rings. The summed E-state index contributed by atoms with van der Waals surface area (Å²) in [6.45, 7) is 9.89. The lowest BCUT2D eigenvalue weighted by atomic mass is 10.1. The fourth-order valence-corrected chi connectivity index (χ4v) is 3.76. The number of hydrogen-bond donors (Lipinski definition) is 1. The molecule has 7 heteroatoms. The Morgan fingerprint density at radius 1 is 1.27 bits per heavy atom. The molecule has 148 valence electrons. The first-order valence-corrected chi connectivity index (χ1v) is 10.00. The second-order valence-corrected chi connectivity index (χ2v) is 6.93. The van der Waals surface area contributed by atoms with Crippen LogP contribution in [0.5, 0.6) is 0 Å². The van der Waals surface area contributed by atoms with Crippen LogP contribution in [0.15, 0.2) is 11.2 Å². The van der Waals surface area contributed by atoms with E-state index >= 15 is 0 Å². The number of hydrogen-bond acceptors (Lipinski definition) is 3. The van der Waals surface area contributed by atoms with Crippen molar-refractivity contribution < 1.29 is 4.74 Å². The van der Waals surface area contributed by atoms with Crippen LogP contribution in [0.1, 0.15) is 51.0 Å². The molecular formula is C19H34IN5O. The average molecular weight is 475 g/mol. The summed E-state index contributed by atoms with van der Waals surface area (Å²) < 4.78 is 8.08. The summed E-state index contributed by atoms with van der Waals surface area (Å²) in [5.41, 5.74) is 1.19. The van der Waals surface area contributed by atoms with E-state index in [1.54, 1.807) is 0 Å². The number of aromatic nitrogens is 2. The largest absolute Gasteiger partial charge is 0.378 e. The van der Waals surface area contributed by atoms with Crippen molar-refractivity contribution in [2.24, 2.45) is 4.99 Å². The molecule has 2 aliphatic rings. The van der Waals surface area contributed by atoms with Crippen LogP contribution >= 0.6 is 24.0 Å². The van der Waals surface area contributed by atoms with Crippen molar-refractivity contribution in [3.63, 3.8) is 0 Å². The molecule has 1 saturated heterocycles. The number of ether oxygens (including phenoxy) is 1. The number of imidazole rings is 1. The van der Waals surface area contributed by atoms with E-state index in [1.165, 1.54) is 24.4 Å². The number of halogens is 1. The van der Waals surface area contributed by atoms with Crippen molar-refractivity contribution in [2.45, 2.75) is 65.0 Å². The van der Waals surface area contributed by atoms with Gasteiger partial charge < -0.3 is 19.5 Å². The fraction of sp³-hybridized carbons (Fsp3) is 0.789. The van der Waals surface area contributed by atoms with Gasteiger partial charge in [0.1, 0.15) is 5.82 Å². The molecule has 3 rings (SSSR count). The predicted octanol–water partition coefficient (Wildman–Crippen LogP) is 2.85. The van der Waals surface area contributed by atoms with Crippen molar-refractivity contribution >= 4 is 29.9 Å². The van der Waals surface area contributed by atoms with Crippen LogP contribution in [0.3, 0.4) is 0 Å². The monoisotopic (exact) mass is 475 g/mol. The molecule has 0 radical (unpaired) electrons. The number of fused-ring (bicyclic) bond motifs is 1. The van der Waals surface area contributed by atoms with E-state index in [-0.39, 0.29) is 24.0 Å². The molecule has 1 N–H and O–H groups in total. The third kappa shape index (κ3) is 5.84. The molecule has 6 nitrogen and oxygen atoms in total. The van der Waals surface area contributed by atoms with Gasteiger partial charge in [0, 0.05) is 58.4 Å².